The van der Waals surface area contributed by atoms with Gasteiger partial charge in [-0.25, -0.2) is 25.6 Å². The molecule has 0 bridgehead atoms. The molecule has 0 saturated heterocycles. The topological polar surface area (TPSA) is 135 Å². The molecule has 36 heavy (non-hydrogen) atoms. The average Bonchev–Trinajstić information content (AvgIpc) is 3.37. The lowest BCUT2D eigenvalue weighted by Crippen LogP contribution is -2.38. The minimum absolute atomic E-state index is 0.0273. The summed E-state index contributed by atoms with van der Waals surface area (Å²) in [6, 6.07) is 6.32. The number of hydrogen-bond acceptors (Lipinski definition) is 6. The fraction of sp³-hybridized carbons (Fsp3) is 0.174. The average molecular weight is 538 g/mol. The molecule has 2 aliphatic rings. The number of allylic oxidation sites excluding steroid dienone is 6. The Morgan fingerprint density at radius 2 is 1.42 bits per heavy atom. The van der Waals surface area contributed by atoms with Gasteiger partial charge in [0.25, 0.3) is 36.0 Å². The summed E-state index contributed by atoms with van der Waals surface area (Å²) in [5, 5.41) is -3.17. The van der Waals surface area contributed by atoms with E-state index in [0.717, 1.165) is 24.3 Å². The number of anilines is 3. The van der Waals surface area contributed by atoms with Gasteiger partial charge in [0.15, 0.2) is 5.76 Å². The Morgan fingerprint density at radius 3 is 1.92 bits per heavy atom. The molecule has 1 aromatic carbocycles. The van der Waals surface area contributed by atoms with Crippen LogP contribution in [0.15, 0.2) is 89.6 Å². The standard InChI is InChI=1S/C23H21F2N3O6S2/c24-22(11-3-1-4-12-22)35(30,31)27-18-10-9-17(26-21(29)20-8-7-15-34-20)16-19(18)28-36(32,33)23(25)13-5-2-6-14-23/h1-11,13,15-16,27-28H,12,14H2,(H,26,29). The Kier molecular flexibility index (Phi) is 6.62. The first-order chi connectivity index (χ1) is 16.9. The Morgan fingerprint density at radius 1 is 0.833 bits per heavy atom. The Labute approximate surface area is 206 Å². The van der Waals surface area contributed by atoms with Crippen LogP contribution in [-0.4, -0.2) is 32.7 Å². The zero-order chi connectivity index (χ0) is 26.0. The molecule has 13 heteroatoms. The van der Waals surface area contributed by atoms with Crippen molar-refractivity contribution >= 4 is 43.0 Å². The van der Waals surface area contributed by atoms with Crippen LogP contribution >= 0.6 is 0 Å². The first kappa shape index (κ1) is 25.4. The zero-order valence-electron chi connectivity index (χ0n) is 18.5. The van der Waals surface area contributed by atoms with Gasteiger partial charge < -0.3 is 9.73 Å². The maximum atomic E-state index is 15.3. The van der Waals surface area contributed by atoms with Gasteiger partial charge in [0.05, 0.1) is 17.6 Å². The summed E-state index contributed by atoms with van der Waals surface area (Å²) < 4.78 is 91.1. The molecule has 0 saturated carbocycles. The number of rotatable bonds is 8. The van der Waals surface area contributed by atoms with Crippen LogP contribution in [0.3, 0.4) is 0 Å². The maximum absolute atomic E-state index is 15.3. The van der Waals surface area contributed by atoms with Gasteiger partial charge in [-0.1, -0.05) is 36.5 Å². The van der Waals surface area contributed by atoms with Crippen molar-refractivity contribution in [2.24, 2.45) is 0 Å². The second-order valence-corrected chi connectivity index (χ2v) is 11.7. The first-order valence-corrected chi connectivity index (χ1v) is 13.5. The van der Waals surface area contributed by atoms with Crippen molar-refractivity contribution in [1.29, 1.82) is 0 Å². The number of alkyl halides is 2. The van der Waals surface area contributed by atoms with E-state index in [-0.39, 0.29) is 17.1 Å². The van der Waals surface area contributed by atoms with Crippen LogP contribution in [0, 0.1) is 0 Å². The minimum Gasteiger partial charge on any atom is -0.459 e. The van der Waals surface area contributed by atoms with Crippen molar-refractivity contribution in [2.45, 2.75) is 22.8 Å². The van der Waals surface area contributed by atoms with Crippen molar-refractivity contribution in [3.05, 3.63) is 91.0 Å². The molecule has 2 atom stereocenters. The molecular weight excluding hydrogens is 516 g/mol. The third-order valence-corrected chi connectivity index (χ3v) is 8.75. The molecule has 1 heterocycles. The van der Waals surface area contributed by atoms with Crippen LogP contribution in [-0.2, 0) is 20.0 Å². The predicted octanol–water partition coefficient (Wildman–Crippen LogP) is 4.38. The molecule has 4 rings (SSSR count). The van der Waals surface area contributed by atoms with E-state index in [0.29, 0.717) is 0 Å². The summed E-state index contributed by atoms with van der Waals surface area (Å²) in [6.07, 6.45) is 10.1. The highest BCUT2D eigenvalue weighted by molar-refractivity contribution is 7.94. The summed E-state index contributed by atoms with van der Waals surface area (Å²) in [5.41, 5.74) is -0.789. The summed E-state index contributed by atoms with van der Waals surface area (Å²) >= 11 is 0. The summed E-state index contributed by atoms with van der Waals surface area (Å²) in [4.78, 5) is 12.3. The van der Waals surface area contributed by atoms with Gasteiger partial charge in [-0.3, -0.25) is 14.2 Å². The SMILES string of the molecule is O=C(Nc1ccc(NS(=O)(=O)C2(F)C=CC=CC2)c(NS(=O)(=O)C2(F)C=CC=CC2)c1)c1ccco1. The van der Waals surface area contributed by atoms with Gasteiger partial charge in [0.1, 0.15) is 0 Å². The number of halogens is 2. The van der Waals surface area contributed by atoms with Gasteiger partial charge in [0, 0.05) is 18.5 Å². The molecule has 0 radical (unpaired) electrons. The van der Waals surface area contributed by atoms with E-state index in [9.17, 15) is 21.6 Å². The minimum atomic E-state index is -4.78. The highest BCUT2D eigenvalue weighted by Crippen LogP contribution is 2.37. The fourth-order valence-corrected chi connectivity index (χ4v) is 5.81. The fourth-order valence-electron chi connectivity index (χ4n) is 3.40. The summed E-state index contributed by atoms with van der Waals surface area (Å²) in [6.45, 7) is 0. The Hall–Kier alpha value is -3.71. The molecule has 9 nitrogen and oxygen atoms in total. The smallest absolute Gasteiger partial charge is 0.291 e. The van der Waals surface area contributed by atoms with Crippen molar-refractivity contribution < 1.29 is 34.8 Å². The van der Waals surface area contributed by atoms with Crippen LogP contribution < -0.4 is 14.8 Å². The van der Waals surface area contributed by atoms with E-state index in [2.05, 4.69) is 5.32 Å². The van der Waals surface area contributed by atoms with E-state index in [1.807, 2.05) is 9.44 Å². The van der Waals surface area contributed by atoms with Crippen LogP contribution in [0.1, 0.15) is 23.4 Å². The monoisotopic (exact) mass is 537 g/mol. The lowest BCUT2D eigenvalue weighted by Gasteiger charge is -2.26. The van der Waals surface area contributed by atoms with Crippen LogP contribution in [0.25, 0.3) is 0 Å². The maximum Gasteiger partial charge on any atom is 0.291 e. The molecule has 1 aromatic heterocycles. The van der Waals surface area contributed by atoms with E-state index < -0.39 is 54.5 Å². The number of nitrogens with one attached hydrogen (secondary N) is 3. The van der Waals surface area contributed by atoms with Gasteiger partial charge in [-0.15, -0.1) is 0 Å². The van der Waals surface area contributed by atoms with Crippen LogP contribution in [0.2, 0.25) is 0 Å². The number of sulfonamides is 2. The molecule has 190 valence electrons. The normalized spacial score (nSPS) is 23.4. The van der Waals surface area contributed by atoms with Crippen molar-refractivity contribution in [1.82, 2.24) is 0 Å². The molecule has 2 aromatic rings. The quantitative estimate of drug-likeness (QED) is 0.458. The predicted molar refractivity (Wildman–Crippen MR) is 132 cm³/mol. The number of carbonyl (C=O) groups excluding carboxylic acids is 1. The Balaban J connectivity index is 1.70. The summed E-state index contributed by atoms with van der Waals surface area (Å²) in [7, 11) is -9.52. The summed E-state index contributed by atoms with van der Waals surface area (Å²) in [5.74, 6) is -0.716. The number of carbonyl (C=O) groups is 1. The zero-order valence-corrected chi connectivity index (χ0v) is 20.2. The second-order valence-electron chi connectivity index (χ2n) is 7.96. The third-order valence-electron chi connectivity index (χ3n) is 5.38. The van der Waals surface area contributed by atoms with Crippen LogP contribution in [0.5, 0.6) is 0 Å². The molecule has 3 N–H and O–H groups in total. The van der Waals surface area contributed by atoms with Gasteiger partial charge in [-0.05, 0) is 42.5 Å². The highest BCUT2D eigenvalue weighted by Gasteiger charge is 2.44. The first-order valence-electron chi connectivity index (χ1n) is 10.5. The van der Waals surface area contributed by atoms with Crippen molar-refractivity contribution in [2.75, 3.05) is 14.8 Å². The van der Waals surface area contributed by atoms with E-state index in [1.165, 1.54) is 60.9 Å². The Bertz CT molecular complexity index is 1500. The number of amides is 1. The van der Waals surface area contributed by atoms with Gasteiger partial charge in [0.2, 0.25) is 0 Å². The van der Waals surface area contributed by atoms with Crippen molar-refractivity contribution in [3.63, 3.8) is 0 Å². The molecule has 0 fully saturated rings. The van der Waals surface area contributed by atoms with Crippen LogP contribution in [0.4, 0.5) is 25.8 Å². The molecule has 1 amide bonds. The molecule has 2 unspecified atom stereocenters. The van der Waals surface area contributed by atoms with E-state index in [4.69, 9.17) is 4.42 Å². The molecule has 2 aliphatic carbocycles. The van der Waals surface area contributed by atoms with Crippen molar-refractivity contribution in [3.8, 4) is 0 Å². The van der Waals surface area contributed by atoms with Gasteiger partial charge in [-0.2, -0.15) is 0 Å². The van der Waals surface area contributed by atoms with E-state index in [1.54, 1.807) is 0 Å². The number of furan rings is 1. The lowest BCUT2D eigenvalue weighted by atomic mass is 10.1. The molecular formula is C23H21F2N3O6S2. The highest BCUT2D eigenvalue weighted by atomic mass is 32.2. The second kappa shape index (κ2) is 9.39. The molecule has 0 spiro atoms. The lowest BCUT2D eigenvalue weighted by molar-refractivity contribution is 0.0996. The molecule has 0 aliphatic heterocycles. The van der Waals surface area contributed by atoms with Gasteiger partial charge >= 0.3 is 0 Å². The number of hydrogen-bond donors (Lipinski definition) is 3. The number of benzene rings is 1. The third kappa shape index (κ3) is 4.97. The largest absolute Gasteiger partial charge is 0.459 e. The van der Waals surface area contributed by atoms with E-state index >= 15 is 8.78 Å².